The van der Waals surface area contributed by atoms with E-state index in [0.717, 1.165) is 0 Å². The van der Waals surface area contributed by atoms with Gasteiger partial charge in [-0.1, -0.05) is 32.3 Å². The molecule has 1 aromatic heterocycles. The highest BCUT2D eigenvalue weighted by Crippen LogP contribution is 2.46. The lowest BCUT2D eigenvalue weighted by atomic mass is 9.70. The Hall–Kier alpha value is -0.340. The lowest BCUT2D eigenvalue weighted by molar-refractivity contribution is 0.152. The molecule has 2 rings (SSSR count). The minimum atomic E-state index is 0.470. The number of thiophene rings is 1. The van der Waals surface area contributed by atoms with Crippen molar-refractivity contribution in [3.05, 3.63) is 22.4 Å². The molecule has 0 aliphatic heterocycles. The summed E-state index contributed by atoms with van der Waals surface area (Å²) in [6, 6.07) is 4.99. The molecule has 1 fully saturated rings. The smallest absolute Gasteiger partial charge is 0.0466 e. The minimum Gasteiger partial charge on any atom is -0.312 e. The first kappa shape index (κ1) is 11.2. The summed E-state index contributed by atoms with van der Waals surface area (Å²) in [6.07, 6.45) is 6.98. The van der Waals surface area contributed by atoms with Crippen molar-refractivity contribution in [3.8, 4) is 0 Å². The summed E-state index contributed by atoms with van der Waals surface area (Å²) >= 11 is 1.89. The lowest BCUT2D eigenvalue weighted by Crippen LogP contribution is -2.35. The second-order valence-corrected chi connectivity index (χ2v) is 5.93. The topological polar surface area (TPSA) is 12.0 Å². The maximum atomic E-state index is 3.53. The Labute approximate surface area is 96.9 Å². The van der Waals surface area contributed by atoms with Gasteiger partial charge in [-0.15, -0.1) is 11.3 Å². The van der Waals surface area contributed by atoms with Crippen molar-refractivity contribution in [1.82, 2.24) is 5.32 Å². The SMILES string of the molecule is CNC(c1cccs1)C1(C)CCCCC1. The van der Waals surface area contributed by atoms with Crippen LogP contribution in [0.25, 0.3) is 0 Å². The fraction of sp³-hybridized carbons (Fsp3) is 0.692. The third-order valence-corrected chi connectivity index (χ3v) is 4.75. The minimum absolute atomic E-state index is 0.470. The molecule has 15 heavy (non-hydrogen) atoms. The highest BCUT2D eigenvalue weighted by atomic mass is 32.1. The van der Waals surface area contributed by atoms with Crippen molar-refractivity contribution in [2.24, 2.45) is 5.41 Å². The third-order valence-electron chi connectivity index (χ3n) is 3.81. The van der Waals surface area contributed by atoms with Gasteiger partial charge in [0.25, 0.3) is 0 Å². The third kappa shape index (κ3) is 2.26. The molecule has 1 atom stereocenters. The molecule has 0 bridgehead atoms. The van der Waals surface area contributed by atoms with Gasteiger partial charge < -0.3 is 5.32 Å². The van der Waals surface area contributed by atoms with E-state index in [1.165, 1.54) is 37.0 Å². The maximum Gasteiger partial charge on any atom is 0.0466 e. The van der Waals surface area contributed by atoms with Crippen molar-refractivity contribution in [3.63, 3.8) is 0 Å². The van der Waals surface area contributed by atoms with E-state index >= 15 is 0 Å². The van der Waals surface area contributed by atoms with Gasteiger partial charge in [0.15, 0.2) is 0 Å². The zero-order valence-corrected chi connectivity index (χ0v) is 10.6. The Balaban J connectivity index is 2.18. The summed E-state index contributed by atoms with van der Waals surface area (Å²) in [5, 5.41) is 5.71. The molecule has 2 heteroatoms. The first-order chi connectivity index (χ1) is 7.26. The molecular formula is C13H21NS. The van der Waals surface area contributed by atoms with Crippen LogP contribution >= 0.6 is 11.3 Å². The van der Waals surface area contributed by atoms with Crippen LogP contribution < -0.4 is 5.32 Å². The van der Waals surface area contributed by atoms with Crippen LogP contribution in [0.1, 0.15) is 49.9 Å². The Morgan fingerprint density at radius 1 is 1.33 bits per heavy atom. The normalized spacial score (nSPS) is 22.5. The van der Waals surface area contributed by atoms with Crippen LogP contribution in [0.5, 0.6) is 0 Å². The standard InChI is InChI=1S/C13H21NS/c1-13(8-4-3-5-9-13)12(14-2)11-7-6-10-15-11/h6-7,10,12,14H,3-5,8-9H2,1-2H3. The summed E-state index contributed by atoms with van der Waals surface area (Å²) in [6.45, 7) is 2.45. The van der Waals surface area contributed by atoms with Gasteiger partial charge in [-0.2, -0.15) is 0 Å². The van der Waals surface area contributed by atoms with Gasteiger partial charge in [-0.3, -0.25) is 0 Å². The second-order valence-electron chi connectivity index (χ2n) is 4.95. The first-order valence-corrected chi connectivity index (χ1v) is 6.85. The van der Waals surface area contributed by atoms with Crippen LogP contribution in [0.3, 0.4) is 0 Å². The van der Waals surface area contributed by atoms with Crippen LogP contribution in [0.15, 0.2) is 17.5 Å². The molecule has 0 amide bonds. The molecule has 0 aromatic carbocycles. The highest BCUT2D eigenvalue weighted by molar-refractivity contribution is 7.10. The zero-order chi connectivity index (χ0) is 10.7. The van der Waals surface area contributed by atoms with Crippen molar-refractivity contribution >= 4 is 11.3 Å². The van der Waals surface area contributed by atoms with E-state index < -0.39 is 0 Å². The molecule has 1 heterocycles. The van der Waals surface area contributed by atoms with Crippen LogP contribution in [-0.4, -0.2) is 7.05 Å². The maximum absolute atomic E-state index is 3.53. The van der Waals surface area contributed by atoms with E-state index in [1.54, 1.807) is 0 Å². The molecule has 1 unspecified atom stereocenters. The second kappa shape index (κ2) is 4.67. The monoisotopic (exact) mass is 223 g/mol. The van der Waals surface area contributed by atoms with Crippen LogP contribution in [0.2, 0.25) is 0 Å². The van der Waals surface area contributed by atoms with E-state index in [9.17, 15) is 0 Å². The zero-order valence-electron chi connectivity index (χ0n) is 9.75. The van der Waals surface area contributed by atoms with Crippen molar-refractivity contribution in [1.29, 1.82) is 0 Å². The van der Waals surface area contributed by atoms with Gasteiger partial charge in [0, 0.05) is 10.9 Å². The van der Waals surface area contributed by atoms with Crippen LogP contribution in [-0.2, 0) is 0 Å². The molecule has 84 valence electrons. The van der Waals surface area contributed by atoms with Gasteiger partial charge in [-0.25, -0.2) is 0 Å². The Morgan fingerprint density at radius 3 is 2.60 bits per heavy atom. The summed E-state index contributed by atoms with van der Waals surface area (Å²) in [7, 11) is 2.10. The average molecular weight is 223 g/mol. The largest absolute Gasteiger partial charge is 0.312 e. The van der Waals surface area contributed by atoms with Crippen LogP contribution in [0.4, 0.5) is 0 Å². The molecule has 1 aliphatic rings. The van der Waals surface area contributed by atoms with Crippen LogP contribution in [0, 0.1) is 5.41 Å². The van der Waals surface area contributed by atoms with E-state index in [2.05, 4.69) is 36.8 Å². The Bertz CT molecular complexity index is 285. The molecule has 0 spiro atoms. The summed E-state index contributed by atoms with van der Waals surface area (Å²) in [5.74, 6) is 0. The van der Waals surface area contributed by atoms with Gasteiger partial charge in [-0.05, 0) is 36.8 Å². The van der Waals surface area contributed by atoms with Crippen molar-refractivity contribution < 1.29 is 0 Å². The quantitative estimate of drug-likeness (QED) is 0.817. The summed E-state index contributed by atoms with van der Waals surface area (Å²) < 4.78 is 0. The number of hydrogen-bond acceptors (Lipinski definition) is 2. The fourth-order valence-electron chi connectivity index (χ4n) is 2.94. The summed E-state index contributed by atoms with van der Waals surface area (Å²) in [4.78, 5) is 1.50. The van der Waals surface area contributed by atoms with E-state index in [0.29, 0.717) is 11.5 Å². The number of rotatable bonds is 3. The first-order valence-electron chi connectivity index (χ1n) is 5.97. The van der Waals surface area contributed by atoms with Gasteiger partial charge in [0.1, 0.15) is 0 Å². The summed E-state index contributed by atoms with van der Waals surface area (Å²) in [5.41, 5.74) is 0.470. The molecule has 1 N–H and O–H groups in total. The van der Waals surface area contributed by atoms with Crippen molar-refractivity contribution in [2.75, 3.05) is 7.05 Å². The highest BCUT2D eigenvalue weighted by Gasteiger charge is 2.35. The molecular weight excluding hydrogens is 202 g/mol. The van der Waals surface area contributed by atoms with E-state index in [1.807, 2.05) is 11.3 Å². The number of hydrogen-bond donors (Lipinski definition) is 1. The van der Waals surface area contributed by atoms with Crippen molar-refractivity contribution in [2.45, 2.75) is 45.1 Å². The molecule has 1 saturated carbocycles. The molecule has 0 radical (unpaired) electrons. The fourth-order valence-corrected chi connectivity index (χ4v) is 3.95. The predicted molar refractivity (Wildman–Crippen MR) is 67.3 cm³/mol. The molecule has 0 saturated heterocycles. The van der Waals surface area contributed by atoms with E-state index in [4.69, 9.17) is 0 Å². The Morgan fingerprint density at radius 2 is 2.07 bits per heavy atom. The molecule has 1 aromatic rings. The van der Waals surface area contributed by atoms with Gasteiger partial charge >= 0.3 is 0 Å². The lowest BCUT2D eigenvalue weighted by Gasteiger charge is -2.40. The molecule has 1 nitrogen and oxygen atoms in total. The average Bonchev–Trinajstić information content (AvgIpc) is 2.73. The Kier molecular flexibility index (Phi) is 3.47. The van der Waals surface area contributed by atoms with Gasteiger partial charge in [0.2, 0.25) is 0 Å². The number of nitrogens with one attached hydrogen (secondary N) is 1. The van der Waals surface area contributed by atoms with E-state index in [-0.39, 0.29) is 0 Å². The molecule has 1 aliphatic carbocycles. The van der Waals surface area contributed by atoms with Gasteiger partial charge in [0.05, 0.1) is 0 Å². The predicted octanol–water partition coefficient (Wildman–Crippen LogP) is 3.98.